The van der Waals surface area contributed by atoms with Gasteiger partial charge in [-0.2, -0.15) is 0 Å². The molecule has 0 bridgehead atoms. The summed E-state index contributed by atoms with van der Waals surface area (Å²) in [5.41, 5.74) is 0. The number of hydrogen-bond acceptors (Lipinski definition) is 5. The molecular formula is C16H26N2O4S. The molecule has 0 aromatic heterocycles. The fourth-order valence-electron chi connectivity index (χ4n) is 3.02. The van der Waals surface area contributed by atoms with Crippen molar-refractivity contribution in [3.05, 3.63) is 24.3 Å². The van der Waals surface area contributed by atoms with Gasteiger partial charge < -0.3 is 9.84 Å². The molecule has 6 nitrogen and oxygen atoms in total. The number of likely N-dealkylation sites (tertiary alicyclic amines) is 1. The Kier molecular flexibility index (Phi) is 6.02. The van der Waals surface area contributed by atoms with Crippen LogP contribution in [-0.4, -0.2) is 57.3 Å². The molecule has 7 heteroatoms. The Hall–Kier alpha value is -1.15. The molecule has 1 aromatic rings. The first-order valence-electron chi connectivity index (χ1n) is 7.87. The van der Waals surface area contributed by atoms with Gasteiger partial charge in [-0.05, 0) is 43.5 Å². The van der Waals surface area contributed by atoms with Gasteiger partial charge in [0.2, 0.25) is 10.0 Å². The molecule has 0 spiro atoms. The van der Waals surface area contributed by atoms with Crippen molar-refractivity contribution in [2.24, 2.45) is 5.92 Å². The standard InChI is InChI=1S/C16H26N2O4S/c1-12-8-13(2)18(10-12)11-14(19)9-17-23(20,21)16-6-4-15(22-3)5-7-16/h4-7,12-14,17,19H,8-11H2,1-3H3/t12?,13?,14-/m1/s1. The minimum Gasteiger partial charge on any atom is -0.497 e. The van der Waals surface area contributed by atoms with Crippen molar-refractivity contribution in [1.29, 1.82) is 0 Å². The Morgan fingerprint density at radius 2 is 2.00 bits per heavy atom. The van der Waals surface area contributed by atoms with Crippen LogP contribution in [-0.2, 0) is 10.0 Å². The van der Waals surface area contributed by atoms with Crippen molar-refractivity contribution in [1.82, 2.24) is 9.62 Å². The lowest BCUT2D eigenvalue weighted by Gasteiger charge is -2.24. The highest BCUT2D eigenvalue weighted by Gasteiger charge is 2.27. The maximum Gasteiger partial charge on any atom is 0.240 e. The SMILES string of the molecule is COc1ccc(S(=O)(=O)NC[C@@H](O)CN2CC(C)CC2C)cc1. The third kappa shape index (κ3) is 4.91. The summed E-state index contributed by atoms with van der Waals surface area (Å²) in [6, 6.07) is 6.59. The van der Waals surface area contributed by atoms with Gasteiger partial charge in [0.1, 0.15) is 5.75 Å². The summed E-state index contributed by atoms with van der Waals surface area (Å²) in [6.07, 6.45) is 0.389. The number of benzene rings is 1. The van der Waals surface area contributed by atoms with E-state index >= 15 is 0 Å². The van der Waals surface area contributed by atoms with Gasteiger partial charge in [-0.1, -0.05) is 6.92 Å². The van der Waals surface area contributed by atoms with Crippen LogP contribution in [0.3, 0.4) is 0 Å². The summed E-state index contributed by atoms with van der Waals surface area (Å²) in [6.45, 7) is 5.76. The van der Waals surface area contributed by atoms with Crippen molar-refractivity contribution < 1.29 is 18.3 Å². The molecule has 0 aliphatic carbocycles. The van der Waals surface area contributed by atoms with Gasteiger partial charge in [-0.25, -0.2) is 13.1 Å². The van der Waals surface area contributed by atoms with E-state index in [2.05, 4.69) is 23.5 Å². The van der Waals surface area contributed by atoms with E-state index in [0.29, 0.717) is 24.3 Å². The number of aliphatic hydroxyl groups excluding tert-OH is 1. The second-order valence-electron chi connectivity index (χ2n) is 6.33. The lowest BCUT2D eigenvalue weighted by molar-refractivity contribution is 0.111. The van der Waals surface area contributed by atoms with Gasteiger partial charge in [0.05, 0.1) is 18.1 Å². The topological polar surface area (TPSA) is 78.9 Å². The predicted octanol–water partition coefficient (Wildman–Crippen LogP) is 1.06. The van der Waals surface area contributed by atoms with Crippen molar-refractivity contribution >= 4 is 10.0 Å². The van der Waals surface area contributed by atoms with Crippen LogP contribution in [0, 0.1) is 5.92 Å². The summed E-state index contributed by atoms with van der Waals surface area (Å²) >= 11 is 0. The predicted molar refractivity (Wildman–Crippen MR) is 89.0 cm³/mol. The Morgan fingerprint density at radius 3 is 2.52 bits per heavy atom. The Balaban J connectivity index is 1.88. The first-order valence-corrected chi connectivity index (χ1v) is 9.36. The third-order valence-electron chi connectivity index (χ3n) is 4.24. The summed E-state index contributed by atoms with van der Waals surface area (Å²) in [5.74, 6) is 1.22. The molecule has 0 amide bonds. The number of methoxy groups -OCH3 is 1. The van der Waals surface area contributed by atoms with E-state index in [1.807, 2.05) is 0 Å². The molecule has 2 N–H and O–H groups in total. The van der Waals surface area contributed by atoms with Gasteiger partial charge >= 0.3 is 0 Å². The van der Waals surface area contributed by atoms with Crippen LogP contribution in [0.5, 0.6) is 5.75 Å². The maximum absolute atomic E-state index is 12.2. The van der Waals surface area contributed by atoms with Gasteiger partial charge in [0, 0.05) is 25.7 Å². The van der Waals surface area contributed by atoms with E-state index in [4.69, 9.17) is 4.74 Å². The molecule has 0 radical (unpaired) electrons. The van der Waals surface area contributed by atoms with Gasteiger partial charge in [0.25, 0.3) is 0 Å². The van der Waals surface area contributed by atoms with E-state index in [0.717, 1.165) is 13.0 Å². The zero-order chi connectivity index (χ0) is 17.0. The molecule has 130 valence electrons. The second kappa shape index (κ2) is 7.61. The van der Waals surface area contributed by atoms with Crippen LogP contribution in [0.2, 0.25) is 0 Å². The molecule has 1 aliphatic heterocycles. The monoisotopic (exact) mass is 342 g/mol. The van der Waals surface area contributed by atoms with Crippen LogP contribution < -0.4 is 9.46 Å². The molecule has 23 heavy (non-hydrogen) atoms. The van der Waals surface area contributed by atoms with E-state index < -0.39 is 16.1 Å². The Morgan fingerprint density at radius 1 is 1.35 bits per heavy atom. The fraction of sp³-hybridized carbons (Fsp3) is 0.625. The van der Waals surface area contributed by atoms with Crippen molar-refractivity contribution in [3.8, 4) is 5.75 Å². The quantitative estimate of drug-likeness (QED) is 0.775. The average molecular weight is 342 g/mol. The molecule has 1 aromatic carbocycles. The first-order chi connectivity index (χ1) is 10.8. The molecule has 2 rings (SSSR count). The Bertz CT molecular complexity index is 603. The zero-order valence-electron chi connectivity index (χ0n) is 13.9. The minimum absolute atomic E-state index is 0.00592. The van der Waals surface area contributed by atoms with Crippen LogP contribution in [0.15, 0.2) is 29.2 Å². The first kappa shape index (κ1) is 18.2. The number of hydrogen-bond donors (Lipinski definition) is 2. The van der Waals surface area contributed by atoms with Crippen molar-refractivity contribution in [3.63, 3.8) is 0 Å². The van der Waals surface area contributed by atoms with Crippen LogP contribution >= 0.6 is 0 Å². The fourth-order valence-corrected chi connectivity index (χ4v) is 4.09. The molecule has 0 saturated carbocycles. The summed E-state index contributed by atoms with van der Waals surface area (Å²) < 4.78 is 31.9. The van der Waals surface area contributed by atoms with Gasteiger partial charge in [-0.15, -0.1) is 0 Å². The summed E-state index contributed by atoms with van der Waals surface area (Å²) in [4.78, 5) is 2.37. The normalized spacial score (nSPS) is 23.8. The summed E-state index contributed by atoms with van der Waals surface area (Å²) in [7, 11) is -2.10. The smallest absolute Gasteiger partial charge is 0.240 e. The van der Waals surface area contributed by atoms with Crippen molar-refractivity contribution in [2.45, 2.75) is 37.3 Å². The van der Waals surface area contributed by atoms with E-state index in [9.17, 15) is 13.5 Å². The molecule has 1 saturated heterocycles. The highest BCUT2D eigenvalue weighted by atomic mass is 32.2. The number of sulfonamides is 1. The molecule has 1 aliphatic rings. The number of rotatable bonds is 7. The molecule has 3 atom stereocenters. The van der Waals surface area contributed by atoms with Gasteiger partial charge in [-0.3, -0.25) is 4.90 Å². The van der Waals surface area contributed by atoms with Crippen LogP contribution in [0.25, 0.3) is 0 Å². The summed E-state index contributed by atoms with van der Waals surface area (Å²) in [5, 5.41) is 10.1. The van der Waals surface area contributed by atoms with Crippen molar-refractivity contribution in [2.75, 3.05) is 26.7 Å². The number of nitrogens with one attached hydrogen (secondary N) is 1. The largest absolute Gasteiger partial charge is 0.497 e. The number of ether oxygens (including phenoxy) is 1. The highest BCUT2D eigenvalue weighted by molar-refractivity contribution is 7.89. The zero-order valence-corrected chi connectivity index (χ0v) is 14.7. The number of β-amino-alcohol motifs (C(OH)–C–C–N with tert-alkyl or cyclic N) is 1. The van der Waals surface area contributed by atoms with E-state index in [-0.39, 0.29) is 11.4 Å². The number of nitrogens with zero attached hydrogens (tertiary/aromatic N) is 1. The highest BCUT2D eigenvalue weighted by Crippen LogP contribution is 2.22. The van der Waals surface area contributed by atoms with E-state index in [1.54, 1.807) is 12.1 Å². The molecule has 1 fully saturated rings. The molecule has 2 unspecified atom stereocenters. The molecular weight excluding hydrogens is 316 g/mol. The third-order valence-corrected chi connectivity index (χ3v) is 5.68. The average Bonchev–Trinajstić information content (AvgIpc) is 2.83. The lowest BCUT2D eigenvalue weighted by Crippen LogP contribution is -2.41. The van der Waals surface area contributed by atoms with Crippen LogP contribution in [0.1, 0.15) is 20.3 Å². The lowest BCUT2D eigenvalue weighted by atomic mass is 10.1. The van der Waals surface area contributed by atoms with E-state index in [1.165, 1.54) is 19.2 Å². The molecule has 1 heterocycles. The maximum atomic E-state index is 12.2. The van der Waals surface area contributed by atoms with Gasteiger partial charge in [0.15, 0.2) is 0 Å². The van der Waals surface area contributed by atoms with Crippen LogP contribution in [0.4, 0.5) is 0 Å². The minimum atomic E-state index is -3.62. The number of aliphatic hydroxyl groups is 1. The Labute approximate surface area is 138 Å². The second-order valence-corrected chi connectivity index (χ2v) is 8.09.